The van der Waals surface area contributed by atoms with E-state index in [1.54, 1.807) is 21.3 Å². The molecule has 1 N–H and O–H groups in total. The number of rotatable bonds is 7. The van der Waals surface area contributed by atoms with Gasteiger partial charge in [-0.25, -0.2) is 0 Å². The second kappa shape index (κ2) is 9.03. The summed E-state index contributed by atoms with van der Waals surface area (Å²) >= 11 is 0. The summed E-state index contributed by atoms with van der Waals surface area (Å²) in [6, 6.07) is 20.5. The lowest BCUT2D eigenvalue weighted by molar-refractivity contribution is -0.0745. The van der Waals surface area contributed by atoms with Gasteiger partial charge in [-0.2, -0.15) is 0 Å². The van der Waals surface area contributed by atoms with Crippen LogP contribution in [0.3, 0.4) is 0 Å². The van der Waals surface area contributed by atoms with Crippen molar-refractivity contribution in [1.82, 2.24) is 4.90 Å². The zero-order chi connectivity index (χ0) is 23.7. The molecule has 0 saturated carbocycles. The fourth-order valence-corrected chi connectivity index (χ4v) is 5.06. The van der Waals surface area contributed by atoms with Crippen LogP contribution in [0.1, 0.15) is 27.8 Å². The number of hydrogen-bond acceptors (Lipinski definition) is 6. The highest BCUT2D eigenvalue weighted by Gasteiger charge is 2.44. The standard InChI is InChI=1S/C28H30N2O4/c1-32-24-16-20(17-25(33-2)26(24)34-3)9-8-19-10-12-22(13-11-19)28(31)18-21-6-4-5-7-23(21)27-29-14-15-30(27)28/h4-7,10-13,16-17,31H,8-9,14-15,18H2,1-3H3. The first kappa shape index (κ1) is 22.3. The first-order chi connectivity index (χ1) is 16.6. The Balaban J connectivity index is 1.35. The second-order valence-corrected chi connectivity index (χ2v) is 8.74. The van der Waals surface area contributed by atoms with E-state index in [9.17, 15) is 5.11 Å². The van der Waals surface area contributed by atoms with E-state index in [-0.39, 0.29) is 0 Å². The number of benzene rings is 3. The molecule has 0 radical (unpaired) electrons. The van der Waals surface area contributed by atoms with E-state index in [0.717, 1.165) is 47.5 Å². The lowest BCUT2D eigenvalue weighted by Crippen LogP contribution is -2.53. The average molecular weight is 459 g/mol. The maximum absolute atomic E-state index is 11.8. The molecule has 2 aliphatic heterocycles. The van der Waals surface area contributed by atoms with Crippen molar-refractivity contribution < 1.29 is 19.3 Å². The number of ether oxygens (including phenoxy) is 3. The minimum Gasteiger partial charge on any atom is -0.493 e. The zero-order valence-electron chi connectivity index (χ0n) is 19.9. The smallest absolute Gasteiger partial charge is 0.203 e. The highest BCUT2D eigenvalue weighted by Crippen LogP contribution is 2.40. The molecule has 34 heavy (non-hydrogen) atoms. The summed E-state index contributed by atoms with van der Waals surface area (Å²) in [6.45, 7) is 1.43. The van der Waals surface area contributed by atoms with Gasteiger partial charge in [0.25, 0.3) is 0 Å². The van der Waals surface area contributed by atoms with Crippen molar-refractivity contribution >= 4 is 5.84 Å². The summed E-state index contributed by atoms with van der Waals surface area (Å²) in [7, 11) is 4.87. The maximum atomic E-state index is 11.8. The van der Waals surface area contributed by atoms with Crippen molar-refractivity contribution in [3.8, 4) is 17.2 Å². The van der Waals surface area contributed by atoms with Gasteiger partial charge in [-0.3, -0.25) is 4.99 Å². The minimum absolute atomic E-state index is 0.549. The molecule has 0 aliphatic carbocycles. The molecular formula is C28H30N2O4. The SMILES string of the molecule is COc1cc(CCc2ccc(C3(O)Cc4ccccc4C4=NCCN43)cc2)cc(OC)c1OC. The fraction of sp³-hybridized carbons (Fsp3) is 0.321. The van der Waals surface area contributed by atoms with E-state index < -0.39 is 5.72 Å². The molecule has 3 aromatic carbocycles. The summed E-state index contributed by atoms with van der Waals surface area (Å²) in [5, 5.41) is 11.8. The molecule has 0 bridgehead atoms. The molecule has 6 nitrogen and oxygen atoms in total. The second-order valence-electron chi connectivity index (χ2n) is 8.74. The monoisotopic (exact) mass is 458 g/mol. The van der Waals surface area contributed by atoms with E-state index in [4.69, 9.17) is 19.2 Å². The predicted molar refractivity (Wildman–Crippen MR) is 132 cm³/mol. The van der Waals surface area contributed by atoms with Gasteiger partial charge in [0.1, 0.15) is 5.84 Å². The van der Waals surface area contributed by atoms with E-state index in [0.29, 0.717) is 30.2 Å². The summed E-state index contributed by atoms with van der Waals surface area (Å²) < 4.78 is 16.4. The topological polar surface area (TPSA) is 63.5 Å². The molecule has 2 heterocycles. The largest absolute Gasteiger partial charge is 0.493 e. The highest BCUT2D eigenvalue weighted by molar-refractivity contribution is 6.02. The molecule has 3 aromatic rings. The van der Waals surface area contributed by atoms with Crippen molar-refractivity contribution in [3.63, 3.8) is 0 Å². The van der Waals surface area contributed by atoms with Gasteiger partial charge in [0.2, 0.25) is 5.75 Å². The average Bonchev–Trinajstić information content (AvgIpc) is 3.38. The Kier molecular flexibility index (Phi) is 5.92. The van der Waals surface area contributed by atoms with E-state index in [1.165, 1.54) is 5.56 Å². The zero-order valence-corrected chi connectivity index (χ0v) is 19.9. The quantitative estimate of drug-likeness (QED) is 0.581. The summed E-state index contributed by atoms with van der Waals surface area (Å²) in [6.07, 6.45) is 2.24. The molecule has 0 amide bonds. The maximum Gasteiger partial charge on any atom is 0.203 e. The van der Waals surface area contributed by atoms with Crippen LogP contribution in [0.5, 0.6) is 17.2 Å². The molecule has 1 atom stereocenters. The summed E-state index contributed by atoms with van der Waals surface area (Å²) in [5.74, 6) is 2.83. The van der Waals surface area contributed by atoms with Crippen molar-refractivity contribution in [2.24, 2.45) is 4.99 Å². The summed E-state index contributed by atoms with van der Waals surface area (Å²) in [5.41, 5.74) is 4.39. The van der Waals surface area contributed by atoms with Crippen molar-refractivity contribution in [3.05, 3.63) is 88.5 Å². The Labute approximate surface area is 200 Å². The third-order valence-electron chi connectivity index (χ3n) is 6.83. The number of aliphatic hydroxyl groups is 1. The van der Waals surface area contributed by atoms with Crippen LogP contribution in [-0.4, -0.2) is 50.3 Å². The Morgan fingerprint density at radius 3 is 2.24 bits per heavy atom. The lowest BCUT2D eigenvalue weighted by Gasteiger charge is -2.43. The molecule has 6 heteroatoms. The molecule has 0 spiro atoms. The van der Waals surface area contributed by atoms with Gasteiger partial charge in [0, 0.05) is 24.1 Å². The first-order valence-electron chi connectivity index (χ1n) is 11.6. The molecule has 176 valence electrons. The Bertz CT molecular complexity index is 1200. The van der Waals surface area contributed by atoms with Gasteiger partial charge in [0.15, 0.2) is 17.2 Å². The number of aryl methyl sites for hydroxylation is 2. The highest BCUT2D eigenvalue weighted by atomic mass is 16.5. The number of fused-ring (bicyclic) bond motifs is 3. The van der Waals surface area contributed by atoms with Crippen molar-refractivity contribution in [2.45, 2.75) is 25.0 Å². The van der Waals surface area contributed by atoms with Crippen LogP contribution in [0.2, 0.25) is 0 Å². The Hall–Kier alpha value is -3.51. The van der Waals surface area contributed by atoms with Crippen LogP contribution >= 0.6 is 0 Å². The van der Waals surface area contributed by atoms with E-state index >= 15 is 0 Å². The minimum atomic E-state index is -1.08. The normalized spacial score (nSPS) is 18.7. The van der Waals surface area contributed by atoms with Crippen LogP contribution in [0.15, 0.2) is 65.7 Å². The van der Waals surface area contributed by atoms with Crippen LogP contribution < -0.4 is 14.2 Å². The summed E-state index contributed by atoms with van der Waals surface area (Å²) in [4.78, 5) is 6.75. The number of methoxy groups -OCH3 is 3. The molecule has 0 saturated heterocycles. The third-order valence-corrected chi connectivity index (χ3v) is 6.83. The van der Waals surface area contributed by atoms with Crippen LogP contribution in [0.4, 0.5) is 0 Å². The fourth-order valence-electron chi connectivity index (χ4n) is 5.06. The van der Waals surface area contributed by atoms with Crippen molar-refractivity contribution in [2.75, 3.05) is 34.4 Å². The molecule has 0 fully saturated rings. The van der Waals surface area contributed by atoms with E-state index in [2.05, 4.69) is 29.2 Å². The number of amidine groups is 1. The van der Waals surface area contributed by atoms with Crippen molar-refractivity contribution in [1.29, 1.82) is 0 Å². The number of nitrogens with zero attached hydrogens (tertiary/aromatic N) is 2. The molecule has 2 aliphatic rings. The van der Waals surface area contributed by atoms with Crippen LogP contribution in [0.25, 0.3) is 0 Å². The third kappa shape index (κ3) is 3.78. The molecule has 0 aromatic heterocycles. The molecular weight excluding hydrogens is 428 g/mol. The van der Waals surface area contributed by atoms with Gasteiger partial charge in [-0.15, -0.1) is 0 Å². The van der Waals surface area contributed by atoms with Gasteiger partial charge in [-0.05, 0) is 41.7 Å². The van der Waals surface area contributed by atoms with E-state index in [1.807, 2.05) is 36.4 Å². The predicted octanol–water partition coefficient (Wildman–Crippen LogP) is 3.96. The molecule has 5 rings (SSSR count). The van der Waals surface area contributed by atoms with Crippen LogP contribution in [0, 0.1) is 0 Å². The number of hydrogen-bond donors (Lipinski definition) is 1. The number of aliphatic imine (C=N–C) groups is 1. The molecule has 1 unspecified atom stereocenters. The van der Waals surface area contributed by atoms with Gasteiger partial charge >= 0.3 is 0 Å². The lowest BCUT2D eigenvalue weighted by atomic mass is 9.86. The van der Waals surface area contributed by atoms with Crippen LogP contribution in [-0.2, 0) is 25.0 Å². The Morgan fingerprint density at radius 2 is 1.56 bits per heavy atom. The Morgan fingerprint density at radius 1 is 0.882 bits per heavy atom. The van der Waals surface area contributed by atoms with Gasteiger partial charge in [0.05, 0.1) is 27.9 Å². The van der Waals surface area contributed by atoms with Gasteiger partial charge < -0.3 is 24.2 Å². The first-order valence-corrected chi connectivity index (χ1v) is 11.6. The van der Waals surface area contributed by atoms with Gasteiger partial charge in [-0.1, -0.05) is 48.5 Å².